The van der Waals surface area contributed by atoms with E-state index in [0.29, 0.717) is 12.1 Å². The van der Waals surface area contributed by atoms with E-state index in [1.165, 1.54) is 24.8 Å². The third-order valence-electron chi connectivity index (χ3n) is 6.86. The molecular formula is C29H35N3O2. The Morgan fingerprint density at radius 1 is 1.18 bits per heavy atom. The molecule has 3 aliphatic rings. The maximum Gasteiger partial charge on any atom is 0.231 e. The lowest BCUT2D eigenvalue weighted by atomic mass is 9.81. The van der Waals surface area contributed by atoms with Crippen molar-refractivity contribution in [1.29, 1.82) is 0 Å². The molecule has 5 nitrogen and oxygen atoms in total. The van der Waals surface area contributed by atoms with Crippen LogP contribution >= 0.6 is 0 Å². The van der Waals surface area contributed by atoms with E-state index >= 15 is 0 Å². The normalized spacial score (nSPS) is 21.3. The van der Waals surface area contributed by atoms with Crippen LogP contribution in [0.1, 0.15) is 56.9 Å². The van der Waals surface area contributed by atoms with E-state index in [2.05, 4.69) is 40.7 Å². The van der Waals surface area contributed by atoms with Crippen LogP contribution in [0.4, 0.5) is 0 Å². The summed E-state index contributed by atoms with van der Waals surface area (Å²) in [5.41, 5.74) is 9.52. The minimum absolute atomic E-state index is 0.00216. The van der Waals surface area contributed by atoms with Gasteiger partial charge in [-0.1, -0.05) is 67.5 Å². The second-order valence-corrected chi connectivity index (χ2v) is 9.32. The van der Waals surface area contributed by atoms with Crippen molar-refractivity contribution in [1.82, 2.24) is 10.6 Å². The highest BCUT2D eigenvalue weighted by Gasteiger charge is 2.29. The minimum atomic E-state index is -0.186. The van der Waals surface area contributed by atoms with E-state index < -0.39 is 0 Å². The van der Waals surface area contributed by atoms with E-state index in [1.54, 1.807) is 7.11 Å². The summed E-state index contributed by atoms with van der Waals surface area (Å²) in [4.78, 5) is 12.7. The summed E-state index contributed by atoms with van der Waals surface area (Å²) in [5.74, 6) is 7.66. The average Bonchev–Trinajstić information content (AvgIpc) is 2.89. The van der Waals surface area contributed by atoms with Crippen LogP contribution in [0.3, 0.4) is 0 Å². The van der Waals surface area contributed by atoms with Crippen LogP contribution < -0.4 is 21.1 Å². The Bertz CT molecular complexity index is 1060. The van der Waals surface area contributed by atoms with Gasteiger partial charge in [0, 0.05) is 17.8 Å². The summed E-state index contributed by atoms with van der Waals surface area (Å²) in [5, 5.41) is 6.77. The van der Waals surface area contributed by atoms with Gasteiger partial charge in [0.1, 0.15) is 5.75 Å². The zero-order valence-corrected chi connectivity index (χ0v) is 20.0. The summed E-state index contributed by atoms with van der Waals surface area (Å²) < 4.78 is 5.26. The highest BCUT2D eigenvalue weighted by molar-refractivity contribution is 5.83. The van der Waals surface area contributed by atoms with Gasteiger partial charge < -0.3 is 15.8 Å². The fourth-order valence-electron chi connectivity index (χ4n) is 4.67. The standard InChI is InChI=1S/C29H35N3O2/c1-34-25-15-11-23(12-16-25)21-31-29(18-5-2-6-19-29)20-17-22-9-13-24(14-10-22)28(33)32-27-8-4-3-7-26(27)30/h3,7,9-13,15-16,24,31H,2,4-6,8,14,18-19,21,30H2,1H3,(H,32,33). The van der Waals surface area contributed by atoms with E-state index in [0.717, 1.165) is 49.2 Å². The Balaban J connectivity index is 1.37. The number of benzene rings is 1. The number of methoxy groups -OCH3 is 1. The number of ether oxygens (including phenoxy) is 1. The Hall–Kier alpha value is -3.23. The molecule has 4 rings (SSSR count). The van der Waals surface area contributed by atoms with Crippen LogP contribution in [-0.2, 0) is 11.3 Å². The number of nitrogens with two attached hydrogens (primary N) is 1. The molecule has 1 aromatic carbocycles. The lowest BCUT2D eigenvalue weighted by Crippen LogP contribution is -2.45. The summed E-state index contributed by atoms with van der Waals surface area (Å²) in [6.45, 7) is 0.782. The van der Waals surface area contributed by atoms with Crippen molar-refractivity contribution in [2.45, 2.75) is 63.5 Å². The van der Waals surface area contributed by atoms with E-state index in [1.807, 2.05) is 36.4 Å². The molecule has 178 valence electrons. The second kappa shape index (κ2) is 11.3. The van der Waals surface area contributed by atoms with Crippen molar-refractivity contribution < 1.29 is 9.53 Å². The molecule has 1 atom stereocenters. The molecule has 5 heteroatoms. The van der Waals surface area contributed by atoms with Crippen molar-refractivity contribution in [2.75, 3.05) is 7.11 Å². The maximum atomic E-state index is 12.7. The molecule has 4 N–H and O–H groups in total. The Morgan fingerprint density at radius 3 is 2.65 bits per heavy atom. The first-order valence-corrected chi connectivity index (χ1v) is 12.3. The lowest BCUT2D eigenvalue weighted by Gasteiger charge is -2.34. The number of hydrogen-bond donors (Lipinski definition) is 3. The smallest absolute Gasteiger partial charge is 0.231 e. The predicted molar refractivity (Wildman–Crippen MR) is 136 cm³/mol. The molecule has 34 heavy (non-hydrogen) atoms. The molecule has 1 unspecified atom stereocenters. The molecule has 0 radical (unpaired) electrons. The Labute approximate surface area is 203 Å². The minimum Gasteiger partial charge on any atom is -0.497 e. The fourth-order valence-corrected chi connectivity index (χ4v) is 4.67. The molecule has 0 bridgehead atoms. The fraction of sp³-hybridized carbons (Fsp3) is 0.414. The van der Waals surface area contributed by atoms with Crippen molar-refractivity contribution in [3.63, 3.8) is 0 Å². The third kappa shape index (κ3) is 6.21. The van der Waals surface area contributed by atoms with Gasteiger partial charge in [-0.25, -0.2) is 0 Å². The average molecular weight is 458 g/mol. The number of allylic oxidation sites excluding steroid dienone is 6. The number of amides is 1. The van der Waals surface area contributed by atoms with Crippen LogP contribution in [0.15, 0.2) is 71.6 Å². The quantitative estimate of drug-likeness (QED) is 0.545. The first-order chi connectivity index (χ1) is 16.6. The number of hydrogen-bond acceptors (Lipinski definition) is 4. The third-order valence-corrected chi connectivity index (χ3v) is 6.86. The number of nitrogens with one attached hydrogen (secondary N) is 2. The van der Waals surface area contributed by atoms with Crippen molar-refractivity contribution in [3.05, 3.63) is 77.2 Å². The molecule has 1 fully saturated rings. The highest BCUT2D eigenvalue weighted by atomic mass is 16.5. The molecule has 1 aromatic rings. The SMILES string of the molecule is COc1ccc(CNC2(C#CC3=CCC(C(=O)NC4=C(N)C=CCC4)C=C3)CCCCC2)cc1. The molecule has 1 amide bonds. The van der Waals surface area contributed by atoms with E-state index in [4.69, 9.17) is 10.5 Å². The van der Waals surface area contributed by atoms with Crippen molar-refractivity contribution in [2.24, 2.45) is 11.7 Å². The zero-order chi connectivity index (χ0) is 23.8. The molecule has 0 saturated heterocycles. The van der Waals surface area contributed by atoms with Crippen molar-refractivity contribution >= 4 is 5.91 Å². The molecule has 3 aliphatic carbocycles. The molecule has 0 spiro atoms. The zero-order valence-electron chi connectivity index (χ0n) is 20.0. The first-order valence-electron chi connectivity index (χ1n) is 12.3. The summed E-state index contributed by atoms with van der Waals surface area (Å²) in [6.07, 6.45) is 18.0. The van der Waals surface area contributed by atoms with E-state index in [9.17, 15) is 4.79 Å². The van der Waals surface area contributed by atoms with Gasteiger partial charge in [0.15, 0.2) is 0 Å². The van der Waals surface area contributed by atoms with Gasteiger partial charge in [0.2, 0.25) is 5.91 Å². The maximum absolute atomic E-state index is 12.7. The Kier molecular flexibility index (Phi) is 7.92. The summed E-state index contributed by atoms with van der Waals surface area (Å²) in [6, 6.07) is 8.19. The van der Waals surface area contributed by atoms with Gasteiger partial charge in [-0.2, -0.15) is 0 Å². The molecule has 0 heterocycles. The van der Waals surface area contributed by atoms with Gasteiger partial charge >= 0.3 is 0 Å². The van der Waals surface area contributed by atoms with Crippen LogP contribution in [0, 0.1) is 17.8 Å². The number of carbonyl (C=O) groups excluding carboxylic acids is 1. The largest absolute Gasteiger partial charge is 0.497 e. The Morgan fingerprint density at radius 2 is 1.97 bits per heavy atom. The molecule has 0 aliphatic heterocycles. The second-order valence-electron chi connectivity index (χ2n) is 9.32. The lowest BCUT2D eigenvalue weighted by molar-refractivity contribution is -0.122. The van der Waals surface area contributed by atoms with Crippen molar-refractivity contribution in [3.8, 4) is 17.6 Å². The highest BCUT2D eigenvalue weighted by Crippen LogP contribution is 2.29. The van der Waals surface area contributed by atoms with Crippen LogP contribution in [0.2, 0.25) is 0 Å². The van der Waals surface area contributed by atoms with Crippen LogP contribution in [-0.4, -0.2) is 18.6 Å². The summed E-state index contributed by atoms with van der Waals surface area (Å²) >= 11 is 0. The first kappa shape index (κ1) is 23.9. The molecule has 1 saturated carbocycles. The van der Waals surface area contributed by atoms with Gasteiger partial charge in [-0.3, -0.25) is 10.1 Å². The number of rotatable bonds is 6. The van der Waals surface area contributed by atoms with Crippen LogP contribution in [0.5, 0.6) is 5.75 Å². The summed E-state index contributed by atoms with van der Waals surface area (Å²) in [7, 11) is 1.69. The van der Waals surface area contributed by atoms with E-state index in [-0.39, 0.29) is 17.4 Å². The molecular weight excluding hydrogens is 422 g/mol. The van der Waals surface area contributed by atoms with Crippen LogP contribution in [0.25, 0.3) is 0 Å². The van der Waals surface area contributed by atoms with Gasteiger partial charge in [0.25, 0.3) is 0 Å². The molecule has 0 aromatic heterocycles. The predicted octanol–water partition coefficient (Wildman–Crippen LogP) is 4.63. The number of carbonyl (C=O) groups is 1. The van der Waals surface area contributed by atoms with Gasteiger partial charge in [-0.05, 0) is 55.9 Å². The topological polar surface area (TPSA) is 76.4 Å². The van der Waals surface area contributed by atoms with Gasteiger partial charge in [-0.15, -0.1) is 0 Å². The van der Waals surface area contributed by atoms with Gasteiger partial charge in [0.05, 0.1) is 24.3 Å². The monoisotopic (exact) mass is 457 g/mol.